The van der Waals surface area contributed by atoms with E-state index in [9.17, 15) is 13.2 Å². The van der Waals surface area contributed by atoms with Gasteiger partial charge in [-0.15, -0.1) is 0 Å². The predicted octanol–water partition coefficient (Wildman–Crippen LogP) is 2.48. The number of hydrogen-bond donors (Lipinski definition) is 0. The molecule has 0 aliphatic carbocycles. The maximum Gasteiger partial charge on any atom is 0.280 e. The van der Waals surface area contributed by atoms with Crippen molar-refractivity contribution in [1.82, 2.24) is 4.98 Å². The van der Waals surface area contributed by atoms with Crippen molar-refractivity contribution in [2.75, 3.05) is 7.11 Å². The zero-order valence-electron chi connectivity index (χ0n) is 7.14. The van der Waals surface area contributed by atoms with Crippen molar-refractivity contribution in [2.24, 2.45) is 0 Å². The van der Waals surface area contributed by atoms with Gasteiger partial charge in [-0.05, 0) is 6.92 Å². The zero-order valence-corrected chi connectivity index (χ0v) is 7.14. The van der Waals surface area contributed by atoms with Crippen molar-refractivity contribution < 1.29 is 17.9 Å². The molecule has 0 spiro atoms. The van der Waals surface area contributed by atoms with Gasteiger partial charge in [-0.3, -0.25) is 0 Å². The van der Waals surface area contributed by atoms with Gasteiger partial charge in [0.25, 0.3) is 6.43 Å². The summed E-state index contributed by atoms with van der Waals surface area (Å²) in [6.07, 6.45) is -2.79. The van der Waals surface area contributed by atoms with Crippen molar-refractivity contribution in [3.63, 3.8) is 0 Å². The third-order valence-electron chi connectivity index (χ3n) is 1.60. The standard InChI is InChI=1S/C8H8F3NO/c1-4-5(9)3-6(7(10)11)12-8(4)13-2/h3,7H,1-2H3. The molecule has 0 unspecified atom stereocenters. The minimum atomic E-state index is -2.79. The van der Waals surface area contributed by atoms with E-state index in [0.717, 1.165) is 0 Å². The summed E-state index contributed by atoms with van der Waals surface area (Å²) in [5.41, 5.74) is -0.480. The first-order chi connectivity index (χ1) is 6.06. The largest absolute Gasteiger partial charge is 0.481 e. The molecule has 0 bridgehead atoms. The molecule has 1 rings (SSSR count). The van der Waals surface area contributed by atoms with E-state index in [-0.39, 0.29) is 11.4 Å². The quantitative estimate of drug-likeness (QED) is 0.716. The highest BCUT2D eigenvalue weighted by Crippen LogP contribution is 2.24. The third-order valence-corrected chi connectivity index (χ3v) is 1.60. The molecule has 0 aliphatic rings. The average Bonchev–Trinajstić information content (AvgIpc) is 2.09. The molecule has 1 aromatic rings. The van der Waals surface area contributed by atoms with Gasteiger partial charge in [0.2, 0.25) is 5.88 Å². The van der Waals surface area contributed by atoms with Crippen molar-refractivity contribution in [2.45, 2.75) is 13.3 Å². The summed E-state index contributed by atoms with van der Waals surface area (Å²) in [6.45, 7) is 1.41. The van der Waals surface area contributed by atoms with E-state index in [2.05, 4.69) is 9.72 Å². The zero-order chi connectivity index (χ0) is 10.0. The highest BCUT2D eigenvalue weighted by atomic mass is 19.3. The van der Waals surface area contributed by atoms with Gasteiger partial charge in [-0.25, -0.2) is 18.2 Å². The normalized spacial score (nSPS) is 10.6. The Morgan fingerprint density at radius 1 is 1.46 bits per heavy atom. The Balaban J connectivity index is 3.22. The molecule has 0 aliphatic heterocycles. The van der Waals surface area contributed by atoms with Gasteiger partial charge in [0.15, 0.2) is 0 Å². The molecule has 0 aromatic carbocycles. The van der Waals surface area contributed by atoms with Crippen LogP contribution >= 0.6 is 0 Å². The van der Waals surface area contributed by atoms with Gasteiger partial charge in [0.1, 0.15) is 11.5 Å². The monoisotopic (exact) mass is 191 g/mol. The van der Waals surface area contributed by atoms with Gasteiger partial charge in [-0.2, -0.15) is 0 Å². The fourth-order valence-corrected chi connectivity index (χ4v) is 0.884. The number of alkyl halides is 2. The van der Waals surface area contributed by atoms with Crippen LogP contribution in [0.3, 0.4) is 0 Å². The van der Waals surface area contributed by atoms with Gasteiger partial charge < -0.3 is 4.74 Å². The molecule has 0 fully saturated rings. The fourth-order valence-electron chi connectivity index (χ4n) is 0.884. The Hall–Kier alpha value is -1.26. The number of pyridine rings is 1. The molecular weight excluding hydrogens is 183 g/mol. The van der Waals surface area contributed by atoms with E-state index in [1.165, 1.54) is 14.0 Å². The first-order valence-electron chi connectivity index (χ1n) is 3.55. The van der Waals surface area contributed by atoms with E-state index < -0.39 is 17.9 Å². The third kappa shape index (κ3) is 1.91. The highest BCUT2D eigenvalue weighted by Gasteiger charge is 2.15. The van der Waals surface area contributed by atoms with Crippen LogP contribution in [0.4, 0.5) is 13.2 Å². The van der Waals surface area contributed by atoms with E-state index in [4.69, 9.17) is 0 Å². The molecule has 0 amide bonds. The topological polar surface area (TPSA) is 22.1 Å². The molecule has 1 aromatic heterocycles. The van der Waals surface area contributed by atoms with E-state index >= 15 is 0 Å². The van der Waals surface area contributed by atoms with Gasteiger partial charge in [0.05, 0.1) is 7.11 Å². The van der Waals surface area contributed by atoms with E-state index in [1.54, 1.807) is 0 Å². The Bertz CT molecular complexity index is 315. The minimum Gasteiger partial charge on any atom is -0.481 e. The Kier molecular flexibility index (Phi) is 2.75. The summed E-state index contributed by atoms with van der Waals surface area (Å²) in [5, 5.41) is 0. The van der Waals surface area contributed by atoms with Crippen LogP contribution in [0.25, 0.3) is 0 Å². The number of halogens is 3. The van der Waals surface area contributed by atoms with Gasteiger partial charge in [0, 0.05) is 11.6 Å². The molecule has 0 N–H and O–H groups in total. The van der Waals surface area contributed by atoms with Crippen molar-refractivity contribution in [3.8, 4) is 5.88 Å². The summed E-state index contributed by atoms with van der Waals surface area (Å²) < 4.78 is 41.8. The second-order valence-electron chi connectivity index (χ2n) is 2.46. The average molecular weight is 191 g/mol. The van der Waals surface area contributed by atoms with Gasteiger partial charge in [-0.1, -0.05) is 0 Å². The Morgan fingerprint density at radius 2 is 2.08 bits per heavy atom. The summed E-state index contributed by atoms with van der Waals surface area (Å²) in [7, 11) is 1.25. The van der Waals surface area contributed by atoms with Gasteiger partial charge >= 0.3 is 0 Å². The summed E-state index contributed by atoms with van der Waals surface area (Å²) in [4.78, 5) is 3.44. The molecule has 13 heavy (non-hydrogen) atoms. The number of hydrogen-bond acceptors (Lipinski definition) is 2. The first kappa shape index (κ1) is 9.83. The summed E-state index contributed by atoms with van der Waals surface area (Å²) >= 11 is 0. The molecule has 72 valence electrons. The van der Waals surface area contributed by atoms with Crippen molar-refractivity contribution in [1.29, 1.82) is 0 Å². The number of aromatic nitrogens is 1. The smallest absolute Gasteiger partial charge is 0.280 e. The Morgan fingerprint density at radius 3 is 2.54 bits per heavy atom. The molecule has 0 saturated carbocycles. The van der Waals surface area contributed by atoms with Crippen LogP contribution in [0.5, 0.6) is 5.88 Å². The Labute approximate surface area is 73.4 Å². The van der Waals surface area contributed by atoms with Crippen LogP contribution in [-0.2, 0) is 0 Å². The predicted molar refractivity (Wildman–Crippen MR) is 40.4 cm³/mol. The SMILES string of the molecule is COc1nc(C(F)F)cc(F)c1C. The maximum atomic E-state index is 12.9. The van der Waals surface area contributed by atoms with E-state index in [0.29, 0.717) is 6.07 Å². The molecule has 0 atom stereocenters. The molecule has 1 heterocycles. The molecule has 0 radical (unpaired) electrons. The molecule has 0 saturated heterocycles. The van der Waals surface area contributed by atoms with Crippen LogP contribution in [0.2, 0.25) is 0 Å². The van der Waals surface area contributed by atoms with Crippen LogP contribution in [0.1, 0.15) is 17.7 Å². The lowest BCUT2D eigenvalue weighted by atomic mass is 10.2. The van der Waals surface area contributed by atoms with E-state index in [1.807, 2.05) is 0 Å². The van der Waals surface area contributed by atoms with Crippen molar-refractivity contribution in [3.05, 3.63) is 23.1 Å². The maximum absolute atomic E-state index is 12.9. The lowest BCUT2D eigenvalue weighted by Crippen LogP contribution is -1.99. The van der Waals surface area contributed by atoms with Crippen LogP contribution < -0.4 is 4.74 Å². The fraction of sp³-hybridized carbons (Fsp3) is 0.375. The van der Waals surface area contributed by atoms with Crippen LogP contribution in [0.15, 0.2) is 6.07 Å². The molecular formula is C8H8F3NO. The summed E-state index contributed by atoms with van der Waals surface area (Å²) in [5.74, 6) is -0.836. The summed E-state index contributed by atoms with van der Waals surface area (Å²) in [6, 6.07) is 0.711. The molecule has 5 heteroatoms. The number of rotatable bonds is 2. The van der Waals surface area contributed by atoms with Crippen LogP contribution in [0, 0.1) is 12.7 Å². The highest BCUT2D eigenvalue weighted by molar-refractivity contribution is 5.28. The first-order valence-corrected chi connectivity index (χ1v) is 3.55. The lowest BCUT2D eigenvalue weighted by molar-refractivity contribution is 0.144. The second-order valence-corrected chi connectivity index (χ2v) is 2.46. The number of nitrogens with zero attached hydrogens (tertiary/aromatic N) is 1. The lowest BCUT2D eigenvalue weighted by Gasteiger charge is -2.06. The number of methoxy groups -OCH3 is 1. The van der Waals surface area contributed by atoms with Crippen molar-refractivity contribution >= 4 is 0 Å². The van der Waals surface area contributed by atoms with Crippen LogP contribution in [-0.4, -0.2) is 12.1 Å². The number of ether oxygens (including phenoxy) is 1. The minimum absolute atomic E-state index is 0.102. The second kappa shape index (κ2) is 3.64. The molecule has 2 nitrogen and oxygen atoms in total.